The van der Waals surface area contributed by atoms with Crippen molar-refractivity contribution in [2.75, 3.05) is 13.6 Å². The molecule has 4 rings (SSSR count). The van der Waals surface area contributed by atoms with Gasteiger partial charge in [0.25, 0.3) is 17.7 Å². The number of imide groups is 1. The Morgan fingerprint density at radius 3 is 2.63 bits per heavy atom. The molecule has 2 aliphatic rings. The highest BCUT2D eigenvalue weighted by molar-refractivity contribution is 6.31. The Labute approximate surface area is 162 Å². The number of hydrogen-bond donors (Lipinski definition) is 0. The third kappa shape index (κ3) is 3.02. The van der Waals surface area contributed by atoms with Crippen LogP contribution in [-0.4, -0.2) is 47.2 Å². The normalized spacial score (nSPS) is 19.0. The van der Waals surface area contributed by atoms with Gasteiger partial charge in [-0.05, 0) is 49.1 Å². The first-order chi connectivity index (χ1) is 13.0. The summed E-state index contributed by atoms with van der Waals surface area (Å²) in [7, 11) is 1.45. The van der Waals surface area contributed by atoms with E-state index in [1.54, 1.807) is 18.2 Å². The van der Waals surface area contributed by atoms with Crippen molar-refractivity contribution in [1.82, 2.24) is 9.80 Å². The van der Waals surface area contributed by atoms with Gasteiger partial charge in [0.2, 0.25) is 0 Å². The zero-order chi connectivity index (χ0) is 19.1. The summed E-state index contributed by atoms with van der Waals surface area (Å²) in [5.41, 5.74) is 2.12. The first kappa shape index (κ1) is 17.7. The van der Waals surface area contributed by atoms with E-state index in [-0.39, 0.29) is 23.8 Å². The molecule has 0 spiro atoms. The Balaban J connectivity index is 1.58. The molecule has 1 atom stereocenters. The van der Waals surface area contributed by atoms with Gasteiger partial charge in [-0.25, -0.2) is 0 Å². The lowest BCUT2D eigenvalue weighted by atomic mass is 10.0. The molecule has 0 aromatic heterocycles. The molecule has 2 aromatic carbocycles. The van der Waals surface area contributed by atoms with Gasteiger partial charge >= 0.3 is 0 Å². The monoisotopic (exact) mass is 382 g/mol. The number of carbonyl (C=O) groups is 3. The Kier molecular flexibility index (Phi) is 4.48. The van der Waals surface area contributed by atoms with Gasteiger partial charge in [0.1, 0.15) is 0 Å². The second-order valence-corrected chi connectivity index (χ2v) is 7.43. The highest BCUT2D eigenvalue weighted by Crippen LogP contribution is 2.28. The SMILES string of the molecule is CN1C(=O)c2ccc(C(=O)N3CCCC3Cc3ccccc3Cl)cc2C1=O. The molecule has 0 bridgehead atoms. The lowest BCUT2D eigenvalue weighted by Gasteiger charge is -2.25. The van der Waals surface area contributed by atoms with E-state index in [0.717, 1.165) is 23.3 Å². The van der Waals surface area contributed by atoms with Crippen molar-refractivity contribution in [3.63, 3.8) is 0 Å². The van der Waals surface area contributed by atoms with Crippen LogP contribution in [0.2, 0.25) is 5.02 Å². The number of fused-ring (bicyclic) bond motifs is 1. The number of likely N-dealkylation sites (tertiary alicyclic amines) is 1. The Bertz CT molecular complexity index is 956. The van der Waals surface area contributed by atoms with Crippen LogP contribution in [-0.2, 0) is 6.42 Å². The number of halogens is 1. The van der Waals surface area contributed by atoms with Crippen LogP contribution in [0.1, 0.15) is 49.5 Å². The number of carbonyl (C=O) groups excluding carboxylic acids is 3. The van der Waals surface area contributed by atoms with E-state index in [9.17, 15) is 14.4 Å². The summed E-state index contributed by atoms with van der Waals surface area (Å²) in [6.45, 7) is 0.678. The third-order valence-electron chi connectivity index (χ3n) is 5.39. The summed E-state index contributed by atoms with van der Waals surface area (Å²) in [6, 6.07) is 12.5. The molecular formula is C21H19ClN2O3. The molecule has 2 aliphatic heterocycles. The van der Waals surface area contributed by atoms with Gasteiger partial charge in [-0.15, -0.1) is 0 Å². The van der Waals surface area contributed by atoms with Crippen molar-refractivity contribution in [2.24, 2.45) is 0 Å². The predicted molar refractivity (Wildman–Crippen MR) is 102 cm³/mol. The van der Waals surface area contributed by atoms with E-state index in [1.165, 1.54) is 7.05 Å². The standard InChI is InChI=1S/C21H19ClN2O3/c1-23-20(26)16-9-8-14(12-17(16)21(23)27)19(25)24-10-4-6-15(24)11-13-5-2-3-7-18(13)22/h2-3,5,7-9,12,15H,4,6,10-11H2,1H3. The van der Waals surface area contributed by atoms with Gasteiger partial charge in [0, 0.05) is 30.2 Å². The van der Waals surface area contributed by atoms with Gasteiger partial charge in [-0.2, -0.15) is 0 Å². The number of amides is 3. The second-order valence-electron chi connectivity index (χ2n) is 7.02. The summed E-state index contributed by atoms with van der Waals surface area (Å²) in [6.07, 6.45) is 2.56. The quantitative estimate of drug-likeness (QED) is 0.764. The number of nitrogens with zero attached hydrogens (tertiary/aromatic N) is 2. The van der Waals surface area contributed by atoms with E-state index in [2.05, 4.69) is 0 Å². The molecule has 138 valence electrons. The van der Waals surface area contributed by atoms with E-state index in [1.807, 2.05) is 29.2 Å². The summed E-state index contributed by atoms with van der Waals surface area (Å²) in [5.74, 6) is -0.799. The summed E-state index contributed by atoms with van der Waals surface area (Å²) in [4.78, 5) is 40.3. The van der Waals surface area contributed by atoms with Crippen LogP contribution in [0.25, 0.3) is 0 Å². The van der Waals surface area contributed by atoms with E-state index in [0.29, 0.717) is 34.7 Å². The molecule has 5 nitrogen and oxygen atoms in total. The summed E-state index contributed by atoms with van der Waals surface area (Å²) >= 11 is 6.28. The van der Waals surface area contributed by atoms with Crippen molar-refractivity contribution >= 4 is 29.3 Å². The van der Waals surface area contributed by atoms with Crippen LogP contribution < -0.4 is 0 Å². The van der Waals surface area contributed by atoms with Crippen LogP contribution in [0.3, 0.4) is 0 Å². The fraction of sp³-hybridized carbons (Fsp3) is 0.286. The largest absolute Gasteiger partial charge is 0.335 e. The molecule has 2 heterocycles. The predicted octanol–water partition coefficient (Wildman–Crippen LogP) is 3.41. The van der Waals surface area contributed by atoms with Crippen molar-refractivity contribution < 1.29 is 14.4 Å². The molecular weight excluding hydrogens is 364 g/mol. The molecule has 6 heteroatoms. The molecule has 1 fully saturated rings. The zero-order valence-corrected chi connectivity index (χ0v) is 15.7. The van der Waals surface area contributed by atoms with Gasteiger partial charge in [0.15, 0.2) is 0 Å². The zero-order valence-electron chi connectivity index (χ0n) is 14.9. The van der Waals surface area contributed by atoms with Crippen LogP contribution in [0.4, 0.5) is 0 Å². The molecule has 0 aliphatic carbocycles. The average Bonchev–Trinajstić information content (AvgIpc) is 3.22. The minimum atomic E-state index is -0.362. The second kappa shape index (κ2) is 6.82. The number of benzene rings is 2. The number of rotatable bonds is 3. The van der Waals surface area contributed by atoms with E-state index in [4.69, 9.17) is 11.6 Å². The maximum Gasteiger partial charge on any atom is 0.261 e. The Morgan fingerprint density at radius 2 is 1.85 bits per heavy atom. The molecule has 0 saturated carbocycles. The van der Waals surface area contributed by atoms with Crippen LogP contribution in [0, 0.1) is 0 Å². The van der Waals surface area contributed by atoms with Crippen molar-refractivity contribution in [1.29, 1.82) is 0 Å². The van der Waals surface area contributed by atoms with Gasteiger partial charge in [-0.1, -0.05) is 29.8 Å². The maximum atomic E-state index is 13.1. The number of hydrogen-bond acceptors (Lipinski definition) is 3. The highest BCUT2D eigenvalue weighted by Gasteiger charge is 2.35. The van der Waals surface area contributed by atoms with Gasteiger partial charge < -0.3 is 4.90 Å². The fourth-order valence-electron chi connectivity index (χ4n) is 3.89. The molecule has 1 saturated heterocycles. The van der Waals surface area contributed by atoms with E-state index < -0.39 is 0 Å². The van der Waals surface area contributed by atoms with Crippen LogP contribution in [0.15, 0.2) is 42.5 Å². The lowest BCUT2D eigenvalue weighted by Crippen LogP contribution is -2.37. The van der Waals surface area contributed by atoms with Gasteiger partial charge in [0.05, 0.1) is 11.1 Å². The topological polar surface area (TPSA) is 57.7 Å². The first-order valence-electron chi connectivity index (χ1n) is 8.98. The molecule has 3 amide bonds. The van der Waals surface area contributed by atoms with Crippen LogP contribution in [0.5, 0.6) is 0 Å². The molecule has 0 radical (unpaired) electrons. The molecule has 0 N–H and O–H groups in total. The summed E-state index contributed by atoms with van der Waals surface area (Å²) in [5, 5.41) is 0.710. The minimum Gasteiger partial charge on any atom is -0.335 e. The summed E-state index contributed by atoms with van der Waals surface area (Å²) < 4.78 is 0. The third-order valence-corrected chi connectivity index (χ3v) is 5.76. The van der Waals surface area contributed by atoms with Crippen molar-refractivity contribution in [2.45, 2.75) is 25.3 Å². The average molecular weight is 383 g/mol. The Morgan fingerprint density at radius 1 is 1.11 bits per heavy atom. The molecule has 1 unspecified atom stereocenters. The molecule has 2 aromatic rings. The molecule has 27 heavy (non-hydrogen) atoms. The lowest BCUT2D eigenvalue weighted by molar-refractivity contribution is 0.0692. The maximum absolute atomic E-state index is 13.1. The van der Waals surface area contributed by atoms with Crippen LogP contribution >= 0.6 is 11.6 Å². The van der Waals surface area contributed by atoms with E-state index >= 15 is 0 Å². The fourth-order valence-corrected chi connectivity index (χ4v) is 4.11. The Hall–Kier alpha value is -2.66. The smallest absolute Gasteiger partial charge is 0.261 e. The highest BCUT2D eigenvalue weighted by atomic mass is 35.5. The first-order valence-corrected chi connectivity index (χ1v) is 9.36. The van der Waals surface area contributed by atoms with Crippen molar-refractivity contribution in [3.05, 3.63) is 69.7 Å². The van der Waals surface area contributed by atoms with Crippen molar-refractivity contribution in [3.8, 4) is 0 Å². The van der Waals surface area contributed by atoms with Gasteiger partial charge in [-0.3, -0.25) is 19.3 Å². The minimum absolute atomic E-state index is 0.0747.